The highest BCUT2D eigenvalue weighted by Crippen LogP contribution is 2.28. The molecule has 0 bridgehead atoms. The molecule has 6 nitrogen and oxygen atoms in total. The molecular formula is C17H25N5OS. The summed E-state index contributed by atoms with van der Waals surface area (Å²) in [5, 5.41) is 7.94. The number of thiazole rings is 1. The second-order valence-corrected chi connectivity index (χ2v) is 7.74. The molecule has 0 radical (unpaired) electrons. The number of aryl methyl sites for hydroxylation is 3. The Morgan fingerprint density at radius 2 is 2.25 bits per heavy atom. The molecule has 1 saturated heterocycles. The van der Waals surface area contributed by atoms with Crippen LogP contribution in [0, 0.1) is 13.8 Å². The molecule has 1 aliphatic rings. The van der Waals surface area contributed by atoms with E-state index in [2.05, 4.69) is 26.4 Å². The number of carbonyl (C=O) groups is 1. The zero-order valence-corrected chi connectivity index (χ0v) is 15.6. The van der Waals surface area contributed by atoms with E-state index in [1.54, 1.807) is 0 Å². The van der Waals surface area contributed by atoms with Crippen molar-refractivity contribution in [2.75, 3.05) is 18.4 Å². The van der Waals surface area contributed by atoms with Gasteiger partial charge in [-0.15, -0.1) is 11.3 Å². The molecular weight excluding hydrogens is 322 g/mol. The largest absolute Gasteiger partial charge is 0.301 e. The fourth-order valence-electron chi connectivity index (χ4n) is 3.29. The van der Waals surface area contributed by atoms with E-state index < -0.39 is 0 Å². The molecule has 3 rings (SSSR count). The van der Waals surface area contributed by atoms with Gasteiger partial charge in [-0.2, -0.15) is 5.10 Å². The number of rotatable bonds is 4. The van der Waals surface area contributed by atoms with Gasteiger partial charge < -0.3 is 5.32 Å². The topological polar surface area (TPSA) is 63.1 Å². The smallest absolute Gasteiger partial charge is 0.243 e. The molecule has 1 aliphatic heterocycles. The first-order valence-electron chi connectivity index (χ1n) is 8.42. The van der Waals surface area contributed by atoms with Gasteiger partial charge in [-0.25, -0.2) is 4.98 Å². The van der Waals surface area contributed by atoms with Gasteiger partial charge in [0.1, 0.15) is 0 Å². The van der Waals surface area contributed by atoms with Crippen LogP contribution in [0.2, 0.25) is 0 Å². The second-order valence-electron chi connectivity index (χ2n) is 6.54. The Kier molecular flexibility index (Phi) is 5.01. The van der Waals surface area contributed by atoms with Gasteiger partial charge in [0.2, 0.25) is 5.91 Å². The van der Waals surface area contributed by atoms with Gasteiger partial charge in [0.15, 0.2) is 5.13 Å². The summed E-state index contributed by atoms with van der Waals surface area (Å²) in [6.45, 7) is 7.82. The molecule has 24 heavy (non-hydrogen) atoms. The molecule has 0 unspecified atom stereocenters. The van der Waals surface area contributed by atoms with Gasteiger partial charge in [-0.3, -0.25) is 14.4 Å². The lowest BCUT2D eigenvalue weighted by molar-refractivity contribution is -0.121. The summed E-state index contributed by atoms with van der Waals surface area (Å²) in [6, 6.07) is 1.92. The molecule has 2 atom stereocenters. The van der Waals surface area contributed by atoms with Crippen LogP contribution in [0.25, 0.3) is 0 Å². The van der Waals surface area contributed by atoms with Crippen molar-refractivity contribution in [1.82, 2.24) is 19.7 Å². The molecule has 1 fully saturated rings. The fourth-order valence-corrected chi connectivity index (χ4v) is 4.10. The van der Waals surface area contributed by atoms with Crippen LogP contribution in [0.5, 0.6) is 0 Å². The summed E-state index contributed by atoms with van der Waals surface area (Å²) in [4.78, 5) is 20.4. The minimum Gasteiger partial charge on any atom is -0.301 e. The van der Waals surface area contributed by atoms with Crippen molar-refractivity contribution >= 4 is 22.4 Å². The first kappa shape index (κ1) is 17.1. The molecule has 2 aromatic heterocycles. The maximum Gasteiger partial charge on any atom is 0.243 e. The molecule has 7 heteroatoms. The van der Waals surface area contributed by atoms with Crippen LogP contribution in [0.3, 0.4) is 0 Å². The van der Waals surface area contributed by atoms with Crippen molar-refractivity contribution in [3.8, 4) is 0 Å². The minimum atomic E-state index is -0.162. The van der Waals surface area contributed by atoms with Crippen LogP contribution >= 0.6 is 11.3 Å². The lowest BCUT2D eigenvalue weighted by Gasteiger charge is -2.36. The lowest BCUT2D eigenvalue weighted by atomic mass is 9.93. The Bertz CT molecular complexity index is 703. The lowest BCUT2D eigenvalue weighted by Crippen LogP contribution is -2.46. The monoisotopic (exact) mass is 347 g/mol. The van der Waals surface area contributed by atoms with Crippen LogP contribution in [0.4, 0.5) is 5.13 Å². The van der Waals surface area contributed by atoms with E-state index in [1.807, 2.05) is 38.7 Å². The first-order valence-corrected chi connectivity index (χ1v) is 9.24. The number of piperidine rings is 1. The van der Waals surface area contributed by atoms with E-state index in [0.717, 1.165) is 36.5 Å². The molecule has 1 N–H and O–H groups in total. The Hall–Kier alpha value is -1.73. The third-order valence-corrected chi connectivity index (χ3v) is 5.90. The Labute approximate surface area is 146 Å². The fraction of sp³-hybridized carbons (Fsp3) is 0.588. The zero-order valence-electron chi connectivity index (χ0n) is 14.7. The summed E-state index contributed by atoms with van der Waals surface area (Å²) in [7, 11) is 1.98. The Morgan fingerprint density at radius 1 is 1.46 bits per heavy atom. The first-order chi connectivity index (χ1) is 11.5. The van der Waals surface area contributed by atoms with Crippen molar-refractivity contribution in [2.45, 2.75) is 45.6 Å². The van der Waals surface area contributed by atoms with Crippen molar-refractivity contribution in [3.63, 3.8) is 0 Å². The molecule has 0 aliphatic carbocycles. The van der Waals surface area contributed by atoms with Gasteiger partial charge in [0, 0.05) is 36.3 Å². The van der Waals surface area contributed by atoms with Crippen LogP contribution in [-0.4, -0.2) is 44.7 Å². The van der Waals surface area contributed by atoms with Crippen LogP contribution in [-0.2, 0) is 11.8 Å². The number of nitrogens with zero attached hydrogens (tertiary/aromatic N) is 4. The zero-order chi connectivity index (χ0) is 17.3. The SMILES string of the molecule is Cc1nc(NC(=O)[C@@H](C)N2CCC[C@H](c3ccnn3C)C2)sc1C. The molecule has 1 amide bonds. The molecule has 0 aromatic carbocycles. The minimum absolute atomic E-state index is 0.0226. The quantitative estimate of drug-likeness (QED) is 0.924. The van der Waals surface area contributed by atoms with Crippen LogP contribution in [0.15, 0.2) is 12.3 Å². The third-order valence-electron chi connectivity index (χ3n) is 4.92. The summed E-state index contributed by atoms with van der Waals surface area (Å²) >= 11 is 1.53. The van der Waals surface area contributed by atoms with E-state index in [0.29, 0.717) is 11.0 Å². The van der Waals surface area contributed by atoms with Gasteiger partial charge in [0.25, 0.3) is 0 Å². The number of anilines is 1. The van der Waals surface area contributed by atoms with Crippen molar-refractivity contribution in [1.29, 1.82) is 0 Å². The average molecular weight is 347 g/mol. The number of aromatic nitrogens is 3. The Morgan fingerprint density at radius 3 is 2.88 bits per heavy atom. The number of likely N-dealkylation sites (tertiary alicyclic amines) is 1. The number of hydrogen-bond acceptors (Lipinski definition) is 5. The number of hydrogen-bond donors (Lipinski definition) is 1. The van der Waals surface area contributed by atoms with Crippen molar-refractivity contribution in [2.24, 2.45) is 7.05 Å². The standard InChI is InChI=1S/C17H25N5OS/c1-11-13(3)24-17(19-11)20-16(23)12(2)22-9-5-6-14(10-22)15-7-8-18-21(15)4/h7-8,12,14H,5-6,9-10H2,1-4H3,(H,19,20,23)/t12-,14+/m1/s1. The highest BCUT2D eigenvalue weighted by atomic mass is 32.1. The summed E-state index contributed by atoms with van der Waals surface area (Å²) in [5.41, 5.74) is 2.23. The maximum atomic E-state index is 12.6. The van der Waals surface area contributed by atoms with E-state index >= 15 is 0 Å². The average Bonchev–Trinajstić information content (AvgIpc) is 3.12. The maximum absolute atomic E-state index is 12.6. The number of nitrogens with one attached hydrogen (secondary N) is 1. The Balaban J connectivity index is 1.64. The highest BCUT2D eigenvalue weighted by molar-refractivity contribution is 7.15. The van der Waals surface area contributed by atoms with Crippen molar-refractivity contribution in [3.05, 3.63) is 28.5 Å². The van der Waals surface area contributed by atoms with Crippen LogP contribution in [0.1, 0.15) is 41.9 Å². The van der Waals surface area contributed by atoms with Gasteiger partial charge in [0.05, 0.1) is 11.7 Å². The summed E-state index contributed by atoms with van der Waals surface area (Å²) in [5.74, 6) is 0.459. The molecule has 0 spiro atoms. The van der Waals surface area contributed by atoms with Gasteiger partial charge >= 0.3 is 0 Å². The van der Waals surface area contributed by atoms with E-state index in [9.17, 15) is 4.79 Å². The summed E-state index contributed by atoms with van der Waals surface area (Å²) < 4.78 is 1.94. The van der Waals surface area contributed by atoms with Gasteiger partial charge in [-0.05, 0) is 46.2 Å². The highest BCUT2D eigenvalue weighted by Gasteiger charge is 2.29. The third kappa shape index (κ3) is 3.52. The van der Waals surface area contributed by atoms with E-state index in [4.69, 9.17) is 0 Å². The predicted molar refractivity (Wildman–Crippen MR) is 96.4 cm³/mol. The summed E-state index contributed by atoms with van der Waals surface area (Å²) in [6.07, 6.45) is 4.09. The molecule has 0 saturated carbocycles. The number of carbonyl (C=O) groups excluding carboxylic acids is 1. The molecule has 2 aromatic rings. The normalized spacial score (nSPS) is 20.1. The second kappa shape index (κ2) is 7.03. The number of amides is 1. The van der Waals surface area contributed by atoms with Gasteiger partial charge in [-0.1, -0.05) is 0 Å². The van der Waals surface area contributed by atoms with Crippen LogP contribution < -0.4 is 5.32 Å². The van der Waals surface area contributed by atoms with E-state index in [1.165, 1.54) is 17.0 Å². The molecule has 130 valence electrons. The molecule has 3 heterocycles. The predicted octanol–water partition coefficient (Wildman–Crippen LogP) is 2.70. The van der Waals surface area contributed by atoms with Crippen molar-refractivity contribution < 1.29 is 4.79 Å². The van der Waals surface area contributed by atoms with E-state index in [-0.39, 0.29) is 11.9 Å².